The Morgan fingerprint density at radius 2 is 2.35 bits per heavy atom. The Hall–Kier alpha value is -1.81. The Morgan fingerprint density at radius 1 is 1.53 bits per heavy atom. The van der Waals surface area contributed by atoms with E-state index in [1.807, 2.05) is 6.07 Å². The predicted molar refractivity (Wildman–Crippen MR) is 64.5 cm³/mol. The topological polar surface area (TPSA) is 44.1 Å². The minimum atomic E-state index is -0.412. The van der Waals surface area contributed by atoms with Gasteiger partial charge in [-0.05, 0) is 31.2 Å². The van der Waals surface area contributed by atoms with E-state index in [1.165, 1.54) is 0 Å². The van der Waals surface area contributed by atoms with Crippen LogP contribution in [0.15, 0.2) is 36.7 Å². The summed E-state index contributed by atoms with van der Waals surface area (Å²) in [5.41, 5.74) is 1.16. The van der Waals surface area contributed by atoms with Crippen LogP contribution in [0, 0.1) is 0 Å². The Balaban J connectivity index is 2.32. The summed E-state index contributed by atoms with van der Waals surface area (Å²) < 4.78 is 6.56. The van der Waals surface area contributed by atoms with Crippen LogP contribution in [-0.2, 0) is 4.74 Å². The molecule has 1 aromatic carbocycles. The first-order valence-corrected chi connectivity index (χ1v) is 5.57. The average Bonchev–Trinajstić information content (AvgIpc) is 2.82. The number of halogens is 1. The van der Waals surface area contributed by atoms with Gasteiger partial charge in [-0.1, -0.05) is 11.6 Å². The lowest BCUT2D eigenvalue weighted by molar-refractivity contribution is 0.0526. The van der Waals surface area contributed by atoms with Gasteiger partial charge < -0.3 is 4.74 Å². The molecule has 0 aliphatic carbocycles. The quantitative estimate of drug-likeness (QED) is 0.787. The summed E-state index contributed by atoms with van der Waals surface area (Å²) in [6.07, 6.45) is 3.48. The van der Waals surface area contributed by atoms with Crippen molar-refractivity contribution in [2.45, 2.75) is 6.92 Å². The molecular weight excluding hydrogens is 240 g/mol. The van der Waals surface area contributed by atoms with Crippen molar-refractivity contribution in [1.82, 2.24) is 9.78 Å². The molecule has 0 unspecified atom stereocenters. The molecule has 0 bridgehead atoms. The normalized spacial score (nSPS) is 10.2. The highest BCUT2D eigenvalue weighted by molar-refractivity contribution is 6.33. The number of benzene rings is 1. The summed E-state index contributed by atoms with van der Waals surface area (Å²) in [4.78, 5) is 11.5. The second-order valence-electron chi connectivity index (χ2n) is 3.34. The van der Waals surface area contributed by atoms with E-state index < -0.39 is 5.97 Å². The fourth-order valence-corrected chi connectivity index (χ4v) is 1.69. The molecule has 4 nitrogen and oxygen atoms in total. The van der Waals surface area contributed by atoms with E-state index in [2.05, 4.69) is 5.10 Å². The lowest BCUT2D eigenvalue weighted by Crippen LogP contribution is -2.06. The molecule has 88 valence electrons. The van der Waals surface area contributed by atoms with E-state index in [9.17, 15) is 4.79 Å². The Morgan fingerprint density at radius 3 is 2.94 bits per heavy atom. The zero-order valence-electron chi connectivity index (χ0n) is 9.26. The van der Waals surface area contributed by atoms with Crippen molar-refractivity contribution in [2.24, 2.45) is 0 Å². The van der Waals surface area contributed by atoms with Crippen LogP contribution in [0.25, 0.3) is 5.69 Å². The summed E-state index contributed by atoms with van der Waals surface area (Å²) in [5.74, 6) is -0.412. The van der Waals surface area contributed by atoms with Gasteiger partial charge in [-0.15, -0.1) is 0 Å². The number of hydrogen-bond acceptors (Lipinski definition) is 3. The maximum Gasteiger partial charge on any atom is 0.339 e. The van der Waals surface area contributed by atoms with Gasteiger partial charge in [-0.2, -0.15) is 5.10 Å². The van der Waals surface area contributed by atoms with Crippen LogP contribution < -0.4 is 0 Å². The van der Waals surface area contributed by atoms with Crippen molar-refractivity contribution in [1.29, 1.82) is 0 Å². The van der Waals surface area contributed by atoms with E-state index in [1.54, 1.807) is 42.2 Å². The molecule has 2 rings (SSSR count). The van der Waals surface area contributed by atoms with Crippen LogP contribution in [0.3, 0.4) is 0 Å². The van der Waals surface area contributed by atoms with Gasteiger partial charge in [0.05, 0.1) is 22.9 Å². The molecule has 0 aliphatic rings. The molecule has 0 saturated carbocycles. The maximum atomic E-state index is 11.5. The van der Waals surface area contributed by atoms with Crippen molar-refractivity contribution >= 4 is 17.6 Å². The van der Waals surface area contributed by atoms with Crippen LogP contribution in [-0.4, -0.2) is 22.4 Å². The smallest absolute Gasteiger partial charge is 0.339 e. The Bertz CT molecular complexity index is 523. The highest BCUT2D eigenvalue weighted by Gasteiger charge is 2.12. The van der Waals surface area contributed by atoms with Crippen LogP contribution in [0.4, 0.5) is 0 Å². The van der Waals surface area contributed by atoms with Gasteiger partial charge in [0.25, 0.3) is 0 Å². The number of rotatable bonds is 3. The predicted octanol–water partition coefficient (Wildman–Crippen LogP) is 2.70. The van der Waals surface area contributed by atoms with Gasteiger partial charge in [-0.25, -0.2) is 9.48 Å². The van der Waals surface area contributed by atoms with Crippen LogP contribution in [0.5, 0.6) is 0 Å². The third-order valence-corrected chi connectivity index (χ3v) is 2.53. The first-order chi connectivity index (χ1) is 8.22. The van der Waals surface area contributed by atoms with Crippen molar-refractivity contribution in [3.05, 3.63) is 47.2 Å². The van der Waals surface area contributed by atoms with Gasteiger partial charge in [0.1, 0.15) is 0 Å². The minimum Gasteiger partial charge on any atom is -0.462 e. The fourth-order valence-electron chi connectivity index (χ4n) is 1.44. The third kappa shape index (κ3) is 2.47. The van der Waals surface area contributed by atoms with Crippen molar-refractivity contribution < 1.29 is 9.53 Å². The van der Waals surface area contributed by atoms with E-state index in [0.29, 0.717) is 17.2 Å². The standard InChI is InChI=1S/C12H11ClN2O2/c1-2-17-12(16)10-5-4-9(8-11(10)13)15-7-3-6-14-15/h3-8H,2H2,1H3. The minimum absolute atomic E-state index is 0.329. The number of carbonyl (C=O) groups excluding carboxylic acids is 1. The second-order valence-corrected chi connectivity index (χ2v) is 3.74. The Labute approximate surface area is 104 Å². The van der Waals surface area contributed by atoms with Crippen molar-refractivity contribution in [3.63, 3.8) is 0 Å². The van der Waals surface area contributed by atoms with Crippen LogP contribution >= 0.6 is 11.6 Å². The Kier molecular flexibility index (Phi) is 3.44. The first-order valence-electron chi connectivity index (χ1n) is 5.19. The van der Waals surface area contributed by atoms with Gasteiger partial charge >= 0.3 is 5.97 Å². The molecule has 0 spiro atoms. The number of carbonyl (C=O) groups is 1. The van der Waals surface area contributed by atoms with Crippen molar-refractivity contribution in [3.8, 4) is 5.69 Å². The molecular formula is C12H11ClN2O2. The zero-order chi connectivity index (χ0) is 12.3. The number of aromatic nitrogens is 2. The summed E-state index contributed by atoms with van der Waals surface area (Å²) in [6, 6.07) is 6.90. The largest absolute Gasteiger partial charge is 0.462 e. The van der Waals surface area contributed by atoms with Gasteiger partial charge in [-0.3, -0.25) is 0 Å². The molecule has 0 N–H and O–H groups in total. The molecule has 0 radical (unpaired) electrons. The van der Waals surface area contributed by atoms with E-state index in [0.717, 1.165) is 5.69 Å². The SMILES string of the molecule is CCOC(=O)c1ccc(-n2cccn2)cc1Cl. The molecule has 0 saturated heterocycles. The lowest BCUT2D eigenvalue weighted by atomic mass is 10.2. The monoisotopic (exact) mass is 250 g/mol. The highest BCUT2D eigenvalue weighted by atomic mass is 35.5. The van der Waals surface area contributed by atoms with Gasteiger partial charge in [0.15, 0.2) is 0 Å². The highest BCUT2D eigenvalue weighted by Crippen LogP contribution is 2.20. The van der Waals surface area contributed by atoms with Crippen LogP contribution in [0.1, 0.15) is 17.3 Å². The molecule has 1 heterocycles. The van der Waals surface area contributed by atoms with E-state index >= 15 is 0 Å². The molecule has 17 heavy (non-hydrogen) atoms. The summed E-state index contributed by atoms with van der Waals surface area (Å²) in [6.45, 7) is 2.08. The molecule has 0 amide bonds. The van der Waals surface area contributed by atoms with Crippen molar-refractivity contribution in [2.75, 3.05) is 6.61 Å². The molecule has 1 aromatic heterocycles. The van der Waals surface area contributed by atoms with E-state index in [4.69, 9.17) is 16.3 Å². The second kappa shape index (κ2) is 5.01. The average molecular weight is 251 g/mol. The number of ether oxygens (including phenoxy) is 1. The van der Waals surface area contributed by atoms with Gasteiger partial charge in [0.2, 0.25) is 0 Å². The maximum absolute atomic E-state index is 11.5. The third-order valence-electron chi connectivity index (χ3n) is 2.22. The van der Waals surface area contributed by atoms with Gasteiger partial charge in [0, 0.05) is 12.4 Å². The molecule has 0 atom stereocenters. The zero-order valence-corrected chi connectivity index (χ0v) is 10.0. The molecule has 5 heteroatoms. The van der Waals surface area contributed by atoms with E-state index in [-0.39, 0.29) is 0 Å². The molecule has 0 aliphatic heterocycles. The fraction of sp³-hybridized carbons (Fsp3) is 0.167. The summed E-state index contributed by atoms with van der Waals surface area (Å²) in [5, 5.41) is 4.44. The van der Waals surface area contributed by atoms with Crippen LogP contribution in [0.2, 0.25) is 5.02 Å². The molecule has 2 aromatic rings. The number of esters is 1. The molecule has 0 fully saturated rings. The number of nitrogens with zero attached hydrogens (tertiary/aromatic N) is 2. The first kappa shape index (κ1) is 11.7. The lowest BCUT2D eigenvalue weighted by Gasteiger charge is -2.06. The summed E-state index contributed by atoms with van der Waals surface area (Å²) in [7, 11) is 0. The summed E-state index contributed by atoms with van der Waals surface area (Å²) >= 11 is 6.03. The number of hydrogen-bond donors (Lipinski definition) is 0.